The maximum atomic E-state index is 12.1. The summed E-state index contributed by atoms with van der Waals surface area (Å²) in [4.78, 5) is 23.2. The van der Waals surface area contributed by atoms with Gasteiger partial charge in [0.1, 0.15) is 5.75 Å². The van der Waals surface area contributed by atoms with E-state index in [1.165, 1.54) is 0 Å². The van der Waals surface area contributed by atoms with E-state index in [1.807, 2.05) is 32.0 Å². The Kier molecular flexibility index (Phi) is 5.78. The molecule has 2 aromatic carbocycles. The standard InChI is InChI=1S/C18H21N3O3/c1-12-4-5-13(2)16(10-12)21-18(23)20-14-6-8-15(9-7-14)24-11-17(22)19-3/h4-10H,11H2,1-3H3,(H,19,22)(H2,20,21,23). The summed E-state index contributed by atoms with van der Waals surface area (Å²) in [5, 5.41) is 8.06. The molecule has 0 saturated carbocycles. The first-order valence-corrected chi connectivity index (χ1v) is 7.56. The van der Waals surface area contributed by atoms with E-state index in [1.54, 1.807) is 31.3 Å². The van der Waals surface area contributed by atoms with Crippen molar-refractivity contribution in [1.29, 1.82) is 0 Å². The third-order valence-corrected chi connectivity index (χ3v) is 3.40. The van der Waals surface area contributed by atoms with Gasteiger partial charge >= 0.3 is 6.03 Å². The Bertz CT molecular complexity index is 727. The molecule has 0 saturated heterocycles. The van der Waals surface area contributed by atoms with Crippen LogP contribution in [0.25, 0.3) is 0 Å². The number of likely N-dealkylation sites (N-methyl/N-ethyl adjacent to an activating group) is 1. The number of hydrogen-bond acceptors (Lipinski definition) is 3. The van der Waals surface area contributed by atoms with E-state index in [0.717, 1.165) is 16.8 Å². The van der Waals surface area contributed by atoms with Gasteiger partial charge < -0.3 is 20.7 Å². The predicted molar refractivity (Wildman–Crippen MR) is 94.6 cm³/mol. The van der Waals surface area contributed by atoms with Gasteiger partial charge in [-0.3, -0.25) is 4.79 Å². The third kappa shape index (κ3) is 5.01. The van der Waals surface area contributed by atoms with E-state index in [2.05, 4.69) is 16.0 Å². The zero-order valence-corrected chi connectivity index (χ0v) is 14.0. The van der Waals surface area contributed by atoms with E-state index in [9.17, 15) is 9.59 Å². The molecule has 0 bridgehead atoms. The summed E-state index contributed by atoms with van der Waals surface area (Å²) in [7, 11) is 1.55. The first-order valence-electron chi connectivity index (χ1n) is 7.56. The molecule has 3 N–H and O–H groups in total. The fourth-order valence-electron chi connectivity index (χ4n) is 2.01. The van der Waals surface area contributed by atoms with E-state index < -0.39 is 0 Å². The largest absolute Gasteiger partial charge is 0.484 e. The number of anilines is 2. The molecular formula is C18H21N3O3. The number of nitrogens with one attached hydrogen (secondary N) is 3. The number of rotatable bonds is 5. The highest BCUT2D eigenvalue weighted by Gasteiger charge is 2.06. The minimum absolute atomic E-state index is 0.0452. The number of carbonyl (C=O) groups is 2. The van der Waals surface area contributed by atoms with Crippen LogP contribution in [0.3, 0.4) is 0 Å². The van der Waals surface area contributed by atoms with Gasteiger partial charge in [-0.1, -0.05) is 12.1 Å². The van der Waals surface area contributed by atoms with Crippen molar-refractivity contribution in [2.45, 2.75) is 13.8 Å². The molecule has 126 valence electrons. The highest BCUT2D eigenvalue weighted by Crippen LogP contribution is 2.18. The Hall–Kier alpha value is -3.02. The number of benzene rings is 2. The van der Waals surface area contributed by atoms with Crippen LogP contribution in [0.2, 0.25) is 0 Å². The summed E-state index contributed by atoms with van der Waals surface area (Å²) in [5.74, 6) is 0.351. The fraction of sp³-hybridized carbons (Fsp3) is 0.222. The van der Waals surface area contributed by atoms with Crippen molar-refractivity contribution in [2.75, 3.05) is 24.3 Å². The maximum absolute atomic E-state index is 12.1. The van der Waals surface area contributed by atoms with Crippen molar-refractivity contribution in [3.8, 4) is 5.75 Å². The predicted octanol–water partition coefficient (Wildman–Crippen LogP) is 3.07. The second-order valence-corrected chi connectivity index (χ2v) is 5.38. The maximum Gasteiger partial charge on any atom is 0.323 e. The van der Waals surface area contributed by atoms with Gasteiger partial charge in [-0.15, -0.1) is 0 Å². The molecule has 0 aliphatic heterocycles. The van der Waals surface area contributed by atoms with Gasteiger partial charge in [0, 0.05) is 18.4 Å². The van der Waals surface area contributed by atoms with Crippen LogP contribution in [-0.4, -0.2) is 25.6 Å². The van der Waals surface area contributed by atoms with Crippen LogP contribution in [0.1, 0.15) is 11.1 Å². The molecule has 2 aromatic rings. The first-order chi connectivity index (χ1) is 11.5. The lowest BCUT2D eigenvalue weighted by molar-refractivity contribution is -0.122. The minimum atomic E-state index is -0.317. The number of urea groups is 1. The Balaban J connectivity index is 1.92. The summed E-state index contributed by atoms with van der Waals surface area (Å²) >= 11 is 0. The summed E-state index contributed by atoms with van der Waals surface area (Å²) in [6.45, 7) is 3.87. The number of hydrogen-bond donors (Lipinski definition) is 3. The number of ether oxygens (including phenoxy) is 1. The second-order valence-electron chi connectivity index (χ2n) is 5.38. The number of aryl methyl sites for hydroxylation is 2. The second kappa shape index (κ2) is 8.01. The van der Waals surface area contributed by atoms with Crippen LogP contribution in [0.4, 0.5) is 16.2 Å². The summed E-state index contributed by atoms with van der Waals surface area (Å²) in [6.07, 6.45) is 0. The van der Waals surface area contributed by atoms with E-state index in [4.69, 9.17) is 4.74 Å². The van der Waals surface area contributed by atoms with Gasteiger partial charge in [0.25, 0.3) is 5.91 Å². The molecule has 0 aliphatic rings. The molecule has 6 nitrogen and oxygen atoms in total. The molecule has 0 aromatic heterocycles. The minimum Gasteiger partial charge on any atom is -0.484 e. The zero-order valence-electron chi connectivity index (χ0n) is 14.0. The van der Waals surface area contributed by atoms with Crippen LogP contribution >= 0.6 is 0 Å². The lowest BCUT2D eigenvalue weighted by Crippen LogP contribution is -2.24. The van der Waals surface area contributed by atoms with Crippen molar-refractivity contribution < 1.29 is 14.3 Å². The Morgan fingerprint density at radius 1 is 1.00 bits per heavy atom. The molecule has 0 unspecified atom stereocenters. The molecule has 0 spiro atoms. The molecule has 0 atom stereocenters. The molecule has 0 radical (unpaired) electrons. The van der Waals surface area contributed by atoms with E-state index in [0.29, 0.717) is 11.4 Å². The first kappa shape index (κ1) is 17.3. The quantitative estimate of drug-likeness (QED) is 0.789. The normalized spacial score (nSPS) is 9.96. The molecule has 0 fully saturated rings. The number of carbonyl (C=O) groups excluding carboxylic acids is 2. The summed E-state index contributed by atoms with van der Waals surface area (Å²) in [5.41, 5.74) is 3.48. The van der Waals surface area contributed by atoms with Crippen LogP contribution in [0, 0.1) is 13.8 Å². The topological polar surface area (TPSA) is 79.5 Å². The average molecular weight is 327 g/mol. The van der Waals surface area contributed by atoms with Crippen LogP contribution in [0.15, 0.2) is 42.5 Å². The third-order valence-electron chi connectivity index (χ3n) is 3.40. The monoisotopic (exact) mass is 327 g/mol. The SMILES string of the molecule is CNC(=O)COc1ccc(NC(=O)Nc2cc(C)ccc2C)cc1. The van der Waals surface area contributed by atoms with Gasteiger partial charge in [-0.25, -0.2) is 4.79 Å². The van der Waals surface area contributed by atoms with Gasteiger partial charge in [-0.2, -0.15) is 0 Å². The summed E-state index contributed by atoms with van der Waals surface area (Å²) in [6, 6.07) is 12.4. The fourth-order valence-corrected chi connectivity index (χ4v) is 2.01. The molecule has 0 aliphatic carbocycles. The summed E-state index contributed by atoms with van der Waals surface area (Å²) < 4.78 is 5.30. The van der Waals surface area contributed by atoms with Gasteiger partial charge in [0.05, 0.1) is 0 Å². The smallest absolute Gasteiger partial charge is 0.323 e. The van der Waals surface area contributed by atoms with E-state index in [-0.39, 0.29) is 18.5 Å². The van der Waals surface area contributed by atoms with Crippen LogP contribution < -0.4 is 20.7 Å². The van der Waals surface area contributed by atoms with Crippen molar-refractivity contribution in [2.24, 2.45) is 0 Å². The average Bonchev–Trinajstić information content (AvgIpc) is 2.57. The molecule has 3 amide bonds. The Morgan fingerprint density at radius 2 is 1.71 bits per heavy atom. The zero-order chi connectivity index (χ0) is 17.5. The molecule has 24 heavy (non-hydrogen) atoms. The van der Waals surface area contributed by atoms with Gasteiger partial charge in [0.15, 0.2) is 6.61 Å². The molecule has 2 rings (SSSR count). The van der Waals surface area contributed by atoms with Crippen molar-refractivity contribution in [3.63, 3.8) is 0 Å². The molecule has 6 heteroatoms. The van der Waals surface area contributed by atoms with Crippen LogP contribution in [0.5, 0.6) is 5.75 Å². The van der Waals surface area contributed by atoms with Crippen molar-refractivity contribution >= 4 is 23.3 Å². The van der Waals surface area contributed by atoms with E-state index >= 15 is 0 Å². The van der Waals surface area contributed by atoms with Gasteiger partial charge in [-0.05, 0) is 55.3 Å². The lowest BCUT2D eigenvalue weighted by atomic mass is 10.1. The molecule has 0 heterocycles. The van der Waals surface area contributed by atoms with Crippen molar-refractivity contribution in [3.05, 3.63) is 53.6 Å². The Labute approximate surface area is 141 Å². The molecular weight excluding hydrogens is 306 g/mol. The highest BCUT2D eigenvalue weighted by atomic mass is 16.5. The Morgan fingerprint density at radius 3 is 2.38 bits per heavy atom. The lowest BCUT2D eigenvalue weighted by Gasteiger charge is -2.11. The highest BCUT2D eigenvalue weighted by molar-refractivity contribution is 6.00. The number of amides is 3. The van der Waals surface area contributed by atoms with Crippen LogP contribution in [-0.2, 0) is 4.79 Å². The van der Waals surface area contributed by atoms with Gasteiger partial charge in [0.2, 0.25) is 0 Å². The van der Waals surface area contributed by atoms with Crippen molar-refractivity contribution in [1.82, 2.24) is 5.32 Å².